The van der Waals surface area contributed by atoms with E-state index in [1.165, 1.54) is 0 Å². The Morgan fingerprint density at radius 1 is 1.08 bits per heavy atom. The van der Waals surface area contributed by atoms with Crippen LogP contribution in [0.1, 0.15) is 25.3 Å². The van der Waals surface area contributed by atoms with E-state index in [4.69, 9.17) is 4.52 Å². The molecule has 0 saturated carbocycles. The van der Waals surface area contributed by atoms with Gasteiger partial charge in [0.1, 0.15) is 10.6 Å². The Labute approximate surface area is 143 Å². The van der Waals surface area contributed by atoms with E-state index in [0.29, 0.717) is 24.5 Å². The van der Waals surface area contributed by atoms with Gasteiger partial charge in [0, 0.05) is 30.9 Å². The number of aryl methyl sites for hydroxylation is 2. The van der Waals surface area contributed by atoms with Crippen molar-refractivity contribution in [2.24, 2.45) is 0 Å². The average molecular weight is 349 g/mol. The maximum atomic E-state index is 13.0. The van der Waals surface area contributed by atoms with Gasteiger partial charge in [0.05, 0.1) is 0 Å². The Morgan fingerprint density at radius 2 is 1.67 bits per heavy atom. The summed E-state index contributed by atoms with van der Waals surface area (Å²) >= 11 is 0. The lowest BCUT2D eigenvalue weighted by atomic mass is 10.1. The second-order valence-corrected chi connectivity index (χ2v) is 8.29. The van der Waals surface area contributed by atoms with Crippen molar-refractivity contribution in [2.45, 2.75) is 44.7 Å². The van der Waals surface area contributed by atoms with Crippen LogP contribution < -0.4 is 4.90 Å². The molecule has 1 aliphatic heterocycles. The van der Waals surface area contributed by atoms with Gasteiger partial charge in [-0.25, -0.2) is 8.42 Å². The number of aromatic nitrogens is 1. The predicted molar refractivity (Wildman–Crippen MR) is 92.6 cm³/mol. The summed E-state index contributed by atoms with van der Waals surface area (Å²) in [6.45, 7) is 8.28. The Kier molecular flexibility index (Phi) is 4.40. The van der Waals surface area contributed by atoms with Crippen LogP contribution in [0.2, 0.25) is 0 Å². The third-order valence-electron chi connectivity index (χ3n) is 4.51. The highest BCUT2D eigenvalue weighted by atomic mass is 32.2. The highest BCUT2D eigenvalue weighted by molar-refractivity contribution is 7.89. The predicted octanol–water partition coefficient (Wildman–Crippen LogP) is 2.58. The first-order chi connectivity index (χ1) is 11.3. The van der Waals surface area contributed by atoms with Gasteiger partial charge in [0.2, 0.25) is 10.0 Å². The second-order valence-electron chi connectivity index (χ2n) is 6.42. The molecule has 0 aliphatic carbocycles. The van der Waals surface area contributed by atoms with Crippen molar-refractivity contribution in [3.05, 3.63) is 41.8 Å². The van der Waals surface area contributed by atoms with Gasteiger partial charge in [-0.1, -0.05) is 23.4 Å². The molecule has 6 nitrogen and oxygen atoms in total. The summed E-state index contributed by atoms with van der Waals surface area (Å²) in [5.41, 5.74) is 1.53. The molecule has 0 amide bonds. The van der Waals surface area contributed by atoms with Gasteiger partial charge >= 0.3 is 0 Å². The minimum absolute atomic E-state index is 0.0754. The summed E-state index contributed by atoms with van der Waals surface area (Å²) in [5.74, 6) is 0.346. The molecule has 0 radical (unpaired) electrons. The fourth-order valence-corrected chi connectivity index (χ4v) is 5.44. The molecule has 1 fully saturated rings. The van der Waals surface area contributed by atoms with Gasteiger partial charge in [-0.3, -0.25) is 0 Å². The number of sulfonamides is 1. The van der Waals surface area contributed by atoms with E-state index in [1.54, 1.807) is 18.2 Å². The molecule has 0 spiro atoms. The smallest absolute Gasteiger partial charge is 0.248 e. The van der Waals surface area contributed by atoms with Crippen LogP contribution in [-0.4, -0.2) is 43.1 Å². The Morgan fingerprint density at radius 3 is 2.17 bits per heavy atom. The Balaban J connectivity index is 1.89. The van der Waals surface area contributed by atoms with Crippen molar-refractivity contribution >= 4 is 15.7 Å². The molecule has 2 atom stereocenters. The normalized spacial score (nSPS) is 22.8. The number of anilines is 1. The second kappa shape index (κ2) is 6.22. The number of rotatable bonds is 3. The van der Waals surface area contributed by atoms with E-state index >= 15 is 0 Å². The van der Waals surface area contributed by atoms with Crippen LogP contribution in [0.3, 0.4) is 0 Å². The molecular weight excluding hydrogens is 326 g/mol. The molecule has 0 N–H and O–H groups in total. The Bertz CT molecular complexity index is 785. The van der Waals surface area contributed by atoms with Crippen molar-refractivity contribution in [3.8, 4) is 0 Å². The molecule has 1 aromatic heterocycles. The molecule has 2 aromatic rings. The largest absolute Gasteiger partial charge is 0.363 e. The van der Waals surface area contributed by atoms with E-state index in [0.717, 1.165) is 5.69 Å². The molecule has 7 heteroatoms. The van der Waals surface area contributed by atoms with Gasteiger partial charge < -0.3 is 9.42 Å². The van der Waals surface area contributed by atoms with E-state index in [2.05, 4.69) is 36.0 Å². The summed E-state index contributed by atoms with van der Waals surface area (Å²) in [6.07, 6.45) is 0. The third-order valence-corrected chi connectivity index (χ3v) is 6.58. The first-order valence-corrected chi connectivity index (χ1v) is 9.52. The average Bonchev–Trinajstić information content (AvgIpc) is 2.87. The number of hydrogen-bond acceptors (Lipinski definition) is 5. The van der Waals surface area contributed by atoms with E-state index < -0.39 is 10.0 Å². The molecule has 2 unspecified atom stereocenters. The fourth-order valence-electron chi connectivity index (χ4n) is 3.55. The fraction of sp³-hybridized carbons (Fsp3) is 0.471. The lowest BCUT2D eigenvalue weighted by Gasteiger charge is -2.45. The standard InChI is InChI=1S/C17H23N3O3S/c1-12-10-19(24(21,22)17-14(3)18-23-15(17)4)11-13(2)20(12)16-8-6-5-7-9-16/h5-9,12-13H,10-11H2,1-4H3. The van der Waals surface area contributed by atoms with Crippen LogP contribution >= 0.6 is 0 Å². The number of hydrogen-bond donors (Lipinski definition) is 0. The third kappa shape index (κ3) is 2.82. The molecule has 1 saturated heterocycles. The molecule has 130 valence electrons. The van der Waals surface area contributed by atoms with Crippen molar-refractivity contribution in [1.29, 1.82) is 0 Å². The molecule has 2 heterocycles. The van der Waals surface area contributed by atoms with Gasteiger partial charge in [-0.15, -0.1) is 0 Å². The van der Waals surface area contributed by atoms with Crippen molar-refractivity contribution in [3.63, 3.8) is 0 Å². The molecule has 3 rings (SSSR count). The minimum Gasteiger partial charge on any atom is -0.363 e. The molecular formula is C17H23N3O3S. The summed E-state index contributed by atoms with van der Waals surface area (Å²) in [4.78, 5) is 2.48. The Hall–Kier alpha value is -1.86. The molecule has 1 aliphatic rings. The molecule has 24 heavy (non-hydrogen) atoms. The van der Waals surface area contributed by atoms with E-state index in [-0.39, 0.29) is 17.0 Å². The summed E-state index contributed by atoms with van der Waals surface area (Å²) in [5, 5.41) is 3.79. The lowest BCUT2D eigenvalue weighted by Crippen LogP contribution is -2.58. The van der Waals surface area contributed by atoms with Crippen LogP contribution in [0.15, 0.2) is 39.8 Å². The van der Waals surface area contributed by atoms with Crippen LogP contribution in [-0.2, 0) is 10.0 Å². The van der Waals surface area contributed by atoms with Gasteiger partial charge in [0.15, 0.2) is 5.76 Å². The number of benzene rings is 1. The molecule has 0 bridgehead atoms. The first-order valence-electron chi connectivity index (χ1n) is 8.08. The highest BCUT2D eigenvalue weighted by Gasteiger charge is 2.38. The number of piperazine rings is 1. The van der Waals surface area contributed by atoms with Gasteiger partial charge in [0.25, 0.3) is 0 Å². The summed E-state index contributed by atoms with van der Waals surface area (Å²) in [7, 11) is -3.60. The van der Waals surface area contributed by atoms with Crippen molar-refractivity contribution in [1.82, 2.24) is 9.46 Å². The highest BCUT2D eigenvalue weighted by Crippen LogP contribution is 2.29. The van der Waals surface area contributed by atoms with Crippen LogP contribution in [0.4, 0.5) is 5.69 Å². The molecule has 1 aromatic carbocycles. The maximum Gasteiger partial charge on any atom is 0.248 e. The van der Waals surface area contributed by atoms with Crippen LogP contribution in [0, 0.1) is 13.8 Å². The topological polar surface area (TPSA) is 66.7 Å². The SMILES string of the molecule is Cc1noc(C)c1S(=O)(=O)N1CC(C)N(c2ccccc2)C(C)C1. The minimum atomic E-state index is -3.60. The van der Waals surface area contributed by atoms with Crippen LogP contribution in [0.25, 0.3) is 0 Å². The van der Waals surface area contributed by atoms with Crippen molar-refractivity contribution in [2.75, 3.05) is 18.0 Å². The van der Waals surface area contributed by atoms with Crippen molar-refractivity contribution < 1.29 is 12.9 Å². The number of nitrogens with zero attached hydrogens (tertiary/aromatic N) is 3. The lowest BCUT2D eigenvalue weighted by molar-refractivity contribution is 0.300. The quantitative estimate of drug-likeness (QED) is 0.852. The first kappa shape index (κ1) is 17.0. The van der Waals surface area contributed by atoms with Gasteiger partial charge in [-0.2, -0.15) is 4.31 Å². The zero-order chi connectivity index (χ0) is 17.5. The van der Waals surface area contributed by atoms with E-state index in [1.807, 2.05) is 18.2 Å². The van der Waals surface area contributed by atoms with E-state index in [9.17, 15) is 8.42 Å². The zero-order valence-electron chi connectivity index (χ0n) is 14.4. The maximum absolute atomic E-state index is 13.0. The summed E-state index contributed by atoms with van der Waals surface area (Å²) < 4.78 is 32.7. The van der Waals surface area contributed by atoms with Crippen LogP contribution in [0.5, 0.6) is 0 Å². The zero-order valence-corrected chi connectivity index (χ0v) is 15.2. The van der Waals surface area contributed by atoms with Gasteiger partial charge in [-0.05, 0) is 39.8 Å². The number of para-hydroxylation sites is 1. The monoisotopic (exact) mass is 349 g/mol. The summed E-state index contributed by atoms with van der Waals surface area (Å²) in [6, 6.07) is 10.3.